The van der Waals surface area contributed by atoms with Gasteiger partial charge in [-0.2, -0.15) is 0 Å². The maximum atomic E-state index is 13.4. The van der Waals surface area contributed by atoms with E-state index in [0.717, 1.165) is 29.3 Å². The van der Waals surface area contributed by atoms with Crippen LogP contribution in [0.1, 0.15) is 68.6 Å². The number of hydrogen-bond donors (Lipinski definition) is 3. The first-order chi connectivity index (χ1) is 28.6. The number of ether oxygens (including phenoxy) is 1. The number of nitrogens with zero attached hydrogens (tertiary/aromatic N) is 4. The summed E-state index contributed by atoms with van der Waals surface area (Å²) in [6.07, 6.45) is 4.16. The summed E-state index contributed by atoms with van der Waals surface area (Å²) in [4.78, 5) is 34.8. The molecule has 0 aliphatic rings. The average molecular weight is 869 g/mol. The minimum atomic E-state index is -3.58. The van der Waals surface area contributed by atoms with Crippen LogP contribution in [0.2, 0.25) is 0 Å². The van der Waals surface area contributed by atoms with Crippen molar-refractivity contribution in [3.05, 3.63) is 132 Å². The molecule has 16 heteroatoms. The zero-order valence-corrected chi connectivity index (χ0v) is 36.2. The van der Waals surface area contributed by atoms with Crippen LogP contribution in [0.3, 0.4) is 0 Å². The minimum Gasteiger partial charge on any atom is -0.481 e. The Morgan fingerprint density at radius 3 is 1.84 bits per heavy atom. The van der Waals surface area contributed by atoms with Gasteiger partial charge in [-0.15, -0.1) is 0 Å². The summed E-state index contributed by atoms with van der Waals surface area (Å²) < 4.78 is 58.1. The summed E-state index contributed by atoms with van der Waals surface area (Å²) in [5.41, 5.74) is 3.71. The van der Waals surface area contributed by atoms with Crippen LogP contribution in [-0.4, -0.2) is 81.8 Å². The number of esters is 1. The van der Waals surface area contributed by atoms with Gasteiger partial charge in [0, 0.05) is 42.7 Å². The Hall–Kier alpha value is -5.94. The van der Waals surface area contributed by atoms with Gasteiger partial charge in [-0.25, -0.2) is 26.8 Å². The van der Waals surface area contributed by atoms with Gasteiger partial charge in [0.2, 0.25) is 0 Å². The highest BCUT2D eigenvalue weighted by atomic mass is 32.2. The van der Waals surface area contributed by atoms with E-state index in [-0.39, 0.29) is 40.1 Å². The van der Waals surface area contributed by atoms with E-state index < -0.39 is 56.3 Å². The Bertz CT molecular complexity index is 2810. The van der Waals surface area contributed by atoms with Crippen molar-refractivity contribution in [3.63, 3.8) is 0 Å². The zero-order valence-electron chi connectivity index (χ0n) is 34.6. The van der Waals surface area contributed by atoms with Crippen molar-refractivity contribution < 1.29 is 46.5 Å². The van der Waals surface area contributed by atoms with E-state index >= 15 is 0 Å². The number of hydrogen-bond acceptors (Lipinski definition) is 11. The van der Waals surface area contributed by atoms with Crippen LogP contribution >= 0.6 is 0 Å². The molecular formula is C45H48N4O10S2. The highest BCUT2D eigenvalue weighted by Gasteiger charge is 2.32. The molecule has 0 radical (unpaired) electrons. The first-order valence-corrected chi connectivity index (χ1v) is 23.2. The fraction of sp³-hybridized carbons (Fsp3) is 0.289. The topological polar surface area (TPSA) is 208 Å². The molecule has 2 aromatic heterocycles. The lowest BCUT2D eigenvalue weighted by molar-refractivity contribution is -0.150. The predicted octanol–water partition coefficient (Wildman–Crippen LogP) is 6.21. The van der Waals surface area contributed by atoms with Crippen molar-refractivity contribution in [1.82, 2.24) is 19.1 Å². The van der Waals surface area contributed by atoms with Gasteiger partial charge in [0.1, 0.15) is 36.2 Å². The molecule has 2 heterocycles. The van der Waals surface area contributed by atoms with Crippen LogP contribution < -0.4 is 0 Å². The van der Waals surface area contributed by atoms with E-state index in [9.17, 15) is 41.7 Å². The quantitative estimate of drug-likeness (QED) is 0.0928. The van der Waals surface area contributed by atoms with Crippen LogP contribution in [0.25, 0.3) is 33.6 Å². The second-order valence-electron chi connectivity index (χ2n) is 15.7. The Morgan fingerprint density at radius 1 is 0.738 bits per heavy atom. The molecule has 0 spiro atoms. The Morgan fingerprint density at radius 2 is 1.30 bits per heavy atom. The van der Waals surface area contributed by atoms with Gasteiger partial charge in [-0.05, 0) is 90.0 Å². The first-order valence-electron chi connectivity index (χ1n) is 19.4. The highest BCUT2D eigenvalue weighted by molar-refractivity contribution is 7.91. The number of aliphatic hydroxyl groups is 2. The molecule has 0 aliphatic carbocycles. The maximum absolute atomic E-state index is 13.4. The second kappa shape index (κ2) is 17.6. The third kappa shape index (κ3) is 10.5. The Balaban J connectivity index is 1.17. The smallest absolute Gasteiger partial charge is 0.313 e. The first kappa shape index (κ1) is 44.6. The molecule has 0 fully saturated rings. The molecule has 2 unspecified atom stereocenters. The lowest BCUT2D eigenvalue weighted by Crippen LogP contribution is -2.30. The van der Waals surface area contributed by atoms with Crippen LogP contribution in [0.4, 0.5) is 0 Å². The molecule has 0 saturated carbocycles. The van der Waals surface area contributed by atoms with E-state index in [0.29, 0.717) is 33.9 Å². The van der Waals surface area contributed by atoms with Crippen molar-refractivity contribution in [3.8, 4) is 33.6 Å². The maximum Gasteiger partial charge on any atom is 0.313 e. The third-order valence-electron chi connectivity index (χ3n) is 10.2. The van der Waals surface area contributed by atoms with Gasteiger partial charge >= 0.3 is 11.9 Å². The number of carbonyl (C=O) groups is 2. The molecule has 0 aliphatic heterocycles. The number of aliphatic carboxylic acids is 1. The minimum absolute atomic E-state index is 0.0477. The molecule has 0 bridgehead atoms. The lowest BCUT2D eigenvalue weighted by atomic mass is 9.96. The fourth-order valence-electron chi connectivity index (χ4n) is 7.07. The van der Waals surface area contributed by atoms with Crippen LogP contribution in [-0.2, 0) is 59.1 Å². The molecule has 3 N–H and O–H groups in total. The molecule has 61 heavy (non-hydrogen) atoms. The monoisotopic (exact) mass is 868 g/mol. The summed E-state index contributed by atoms with van der Waals surface area (Å²) >= 11 is 0. The molecule has 0 amide bonds. The van der Waals surface area contributed by atoms with Gasteiger partial charge in [0.05, 0.1) is 27.8 Å². The molecule has 320 valence electrons. The number of carboxylic acid groups (broad SMARTS) is 1. The molecule has 14 nitrogen and oxygen atoms in total. The van der Waals surface area contributed by atoms with Crippen LogP contribution in [0.5, 0.6) is 0 Å². The summed E-state index contributed by atoms with van der Waals surface area (Å²) in [6.45, 7) is 6.72. The largest absolute Gasteiger partial charge is 0.481 e. The number of aromatic nitrogens is 4. The van der Waals surface area contributed by atoms with Crippen molar-refractivity contribution in [1.29, 1.82) is 0 Å². The second-order valence-corrected chi connectivity index (χ2v) is 19.7. The number of imidazole rings is 2. The molecule has 6 rings (SSSR count). The van der Waals surface area contributed by atoms with E-state index in [4.69, 9.17) is 9.72 Å². The van der Waals surface area contributed by atoms with Crippen molar-refractivity contribution in [2.24, 2.45) is 0 Å². The number of aliphatic hydroxyl groups excluding tert-OH is 1. The zero-order chi connectivity index (χ0) is 44.4. The lowest BCUT2D eigenvalue weighted by Gasteiger charge is -2.25. The SMILES string of the molecule is CC(CC(C)(O)c1cn(-c2ccc(-c3cccc(S(C)(=O)=O)c3)cc2)c(CC(=O)O)n1)OC(=O)Cc1nc(C(C)C)cn1-c1ccc(-c2ccc(CO)c(S(C)(=O)=O)c2)cc1. The van der Waals surface area contributed by atoms with E-state index in [1.165, 1.54) is 19.1 Å². The van der Waals surface area contributed by atoms with Gasteiger partial charge < -0.3 is 29.2 Å². The van der Waals surface area contributed by atoms with Gasteiger partial charge in [0.25, 0.3) is 0 Å². The Labute approximate surface area is 355 Å². The number of benzene rings is 4. The molecule has 0 saturated heterocycles. The molecule has 2 atom stereocenters. The summed E-state index contributed by atoms with van der Waals surface area (Å²) in [5.74, 6) is -1.07. The van der Waals surface area contributed by atoms with Crippen LogP contribution in [0.15, 0.2) is 113 Å². The molecular weight excluding hydrogens is 821 g/mol. The number of sulfone groups is 2. The van der Waals surface area contributed by atoms with Gasteiger partial charge in [0.15, 0.2) is 19.7 Å². The predicted molar refractivity (Wildman–Crippen MR) is 229 cm³/mol. The van der Waals surface area contributed by atoms with Gasteiger partial charge in [-0.3, -0.25) is 9.59 Å². The van der Waals surface area contributed by atoms with E-state index in [1.807, 2.05) is 44.3 Å². The van der Waals surface area contributed by atoms with E-state index in [2.05, 4.69) is 4.98 Å². The fourth-order valence-corrected chi connectivity index (χ4v) is 8.69. The molecule has 6 aromatic rings. The average Bonchev–Trinajstić information content (AvgIpc) is 3.82. The summed E-state index contributed by atoms with van der Waals surface area (Å²) in [6, 6.07) is 25.8. The highest BCUT2D eigenvalue weighted by Crippen LogP contribution is 2.31. The van der Waals surface area contributed by atoms with Crippen molar-refractivity contribution in [2.45, 2.75) is 81.0 Å². The van der Waals surface area contributed by atoms with Crippen molar-refractivity contribution >= 4 is 31.6 Å². The normalized spacial score (nSPS) is 13.5. The van der Waals surface area contributed by atoms with Gasteiger partial charge in [-0.1, -0.05) is 62.4 Å². The van der Waals surface area contributed by atoms with Crippen molar-refractivity contribution in [2.75, 3.05) is 12.5 Å². The third-order valence-corrected chi connectivity index (χ3v) is 12.5. The standard InChI is InChI=1S/C45H48N4O10S2/c1-28(2)38-25-48(35-16-14-31(15-17-35)33-10-11-34(27-50)39(21-33)61(6,57)58)42(46-38)23-44(53)59-29(3)24-45(4,54)40-26-49(41(47-40)22-43(51)52)36-18-12-30(13-19-36)32-8-7-9-37(20-32)60(5,55)56/h7-21,25-26,28-29,50,54H,22-24,27H2,1-6H3,(H,51,52). The number of carboxylic acids is 1. The van der Waals surface area contributed by atoms with Crippen LogP contribution in [0, 0.1) is 0 Å². The molecule has 4 aromatic carbocycles. The number of carbonyl (C=O) groups excluding carboxylic acids is 1. The summed E-state index contributed by atoms with van der Waals surface area (Å²) in [5, 5.41) is 31.0. The number of rotatable bonds is 16. The Kier molecular flexibility index (Phi) is 12.9. The summed E-state index contributed by atoms with van der Waals surface area (Å²) in [7, 11) is -6.99. The van der Waals surface area contributed by atoms with E-state index in [1.54, 1.807) is 76.9 Å².